The minimum Gasteiger partial charge on any atom is -0.370 e. The van der Waals surface area contributed by atoms with Crippen molar-refractivity contribution in [1.82, 2.24) is 9.97 Å². The summed E-state index contributed by atoms with van der Waals surface area (Å²) in [7, 11) is 0. The molecule has 0 bridgehead atoms. The lowest BCUT2D eigenvalue weighted by Gasteiger charge is -2.09. The zero-order chi connectivity index (χ0) is 16.8. The summed E-state index contributed by atoms with van der Waals surface area (Å²) in [5.41, 5.74) is 0.803. The number of rotatable bonds is 6. The van der Waals surface area contributed by atoms with Gasteiger partial charge in [0.05, 0.1) is 0 Å². The number of nitrogens with zero attached hydrogens (tertiary/aromatic N) is 2. The van der Waals surface area contributed by atoms with Crippen LogP contribution >= 0.6 is 23.2 Å². The number of hydrogen-bond acceptors (Lipinski definition) is 4. The van der Waals surface area contributed by atoms with E-state index in [1.807, 2.05) is 0 Å². The van der Waals surface area contributed by atoms with E-state index >= 15 is 0 Å². The maximum Gasteiger partial charge on any atom is 0.274 e. The third kappa shape index (κ3) is 5.37. The van der Waals surface area contributed by atoms with E-state index in [1.165, 1.54) is 0 Å². The fourth-order valence-corrected chi connectivity index (χ4v) is 2.51. The van der Waals surface area contributed by atoms with Crippen LogP contribution in [0.2, 0.25) is 10.0 Å². The summed E-state index contributed by atoms with van der Waals surface area (Å²) in [5, 5.41) is 6.83. The third-order valence-electron chi connectivity index (χ3n) is 3.03. The number of benzene rings is 1. The first-order chi connectivity index (χ1) is 11.0. The van der Waals surface area contributed by atoms with Crippen molar-refractivity contribution in [3.8, 4) is 0 Å². The molecule has 2 aromatic rings. The Bertz CT molecular complexity index is 686. The lowest BCUT2D eigenvalue weighted by atomic mass is 10.3. The van der Waals surface area contributed by atoms with E-state index in [2.05, 4.69) is 27.5 Å². The number of aromatic nitrogens is 2. The average Bonchev–Trinajstić information content (AvgIpc) is 2.46. The standard InChI is InChI=1S/C16H18Cl2N4O/c1-3-4-5-19-15-9-14(20-10(2)21-15)16(23)22-13-7-11(17)6-12(18)8-13/h6-9H,3-5H2,1-2H3,(H,22,23)(H,19,20,21). The molecule has 122 valence electrons. The molecule has 2 rings (SSSR count). The van der Waals surface area contributed by atoms with Crippen molar-refractivity contribution in [1.29, 1.82) is 0 Å². The molecule has 0 aliphatic carbocycles. The number of unbranched alkanes of at least 4 members (excludes halogenated alkanes) is 1. The molecule has 0 fully saturated rings. The second kappa shape index (κ2) is 8.13. The van der Waals surface area contributed by atoms with Crippen molar-refractivity contribution in [2.45, 2.75) is 26.7 Å². The summed E-state index contributed by atoms with van der Waals surface area (Å²) in [5.74, 6) is 0.827. The SMILES string of the molecule is CCCCNc1cc(C(=O)Nc2cc(Cl)cc(Cl)c2)nc(C)n1. The molecule has 0 spiro atoms. The van der Waals surface area contributed by atoms with Gasteiger partial charge in [-0.15, -0.1) is 0 Å². The van der Waals surface area contributed by atoms with Gasteiger partial charge in [-0.1, -0.05) is 36.5 Å². The van der Waals surface area contributed by atoms with Gasteiger partial charge >= 0.3 is 0 Å². The van der Waals surface area contributed by atoms with E-state index in [0.29, 0.717) is 27.4 Å². The van der Waals surface area contributed by atoms with Crippen molar-refractivity contribution in [2.24, 2.45) is 0 Å². The second-order valence-corrected chi connectivity index (χ2v) is 5.95. The topological polar surface area (TPSA) is 66.9 Å². The molecule has 1 aromatic carbocycles. The number of hydrogen-bond donors (Lipinski definition) is 2. The minimum absolute atomic E-state index is 0.285. The van der Waals surface area contributed by atoms with E-state index in [9.17, 15) is 4.79 Å². The molecule has 23 heavy (non-hydrogen) atoms. The van der Waals surface area contributed by atoms with Crippen LogP contribution in [-0.2, 0) is 0 Å². The van der Waals surface area contributed by atoms with Gasteiger partial charge in [0.1, 0.15) is 17.3 Å². The molecule has 0 aliphatic heterocycles. The van der Waals surface area contributed by atoms with Gasteiger partial charge in [0.15, 0.2) is 0 Å². The highest BCUT2D eigenvalue weighted by atomic mass is 35.5. The number of aryl methyl sites for hydroxylation is 1. The summed E-state index contributed by atoms with van der Waals surface area (Å²) < 4.78 is 0. The van der Waals surface area contributed by atoms with Crippen molar-refractivity contribution < 1.29 is 4.79 Å². The van der Waals surface area contributed by atoms with Crippen LogP contribution in [0.3, 0.4) is 0 Å². The maximum atomic E-state index is 12.4. The normalized spacial score (nSPS) is 10.4. The Morgan fingerprint density at radius 1 is 1.13 bits per heavy atom. The van der Waals surface area contributed by atoms with Crippen LogP contribution in [0, 0.1) is 6.92 Å². The molecular formula is C16H18Cl2N4O. The zero-order valence-electron chi connectivity index (χ0n) is 13.0. The van der Waals surface area contributed by atoms with Crippen LogP contribution in [0.5, 0.6) is 0 Å². The molecule has 0 radical (unpaired) electrons. The number of carbonyl (C=O) groups excluding carboxylic acids is 1. The lowest BCUT2D eigenvalue weighted by Crippen LogP contribution is -2.16. The van der Waals surface area contributed by atoms with Gasteiger partial charge in [-0.05, 0) is 31.5 Å². The fraction of sp³-hybridized carbons (Fsp3) is 0.312. The van der Waals surface area contributed by atoms with Gasteiger partial charge in [-0.3, -0.25) is 4.79 Å². The van der Waals surface area contributed by atoms with Gasteiger partial charge in [0, 0.05) is 28.3 Å². The van der Waals surface area contributed by atoms with Gasteiger partial charge in [0.25, 0.3) is 5.91 Å². The zero-order valence-corrected chi connectivity index (χ0v) is 14.5. The Hall–Kier alpha value is -1.85. The monoisotopic (exact) mass is 352 g/mol. The Balaban J connectivity index is 2.14. The predicted molar refractivity (Wildman–Crippen MR) is 94.6 cm³/mol. The number of anilines is 2. The largest absolute Gasteiger partial charge is 0.370 e. The van der Waals surface area contributed by atoms with Gasteiger partial charge in [-0.25, -0.2) is 9.97 Å². The highest BCUT2D eigenvalue weighted by Gasteiger charge is 2.11. The lowest BCUT2D eigenvalue weighted by molar-refractivity contribution is 0.102. The summed E-state index contributed by atoms with van der Waals surface area (Å²) in [6.45, 7) is 4.66. The summed E-state index contributed by atoms with van der Waals surface area (Å²) >= 11 is 11.9. The van der Waals surface area contributed by atoms with Crippen molar-refractivity contribution in [2.75, 3.05) is 17.2 Å². The second-order valence-electron chi connectivity index (χ2n) is 5.08. The number of carbonyl (C=O) groups is 1. The van der Waals surface area contributed by atoms with Crippen molar-refractivity contribution in [3.63, 3.8) is 0 Å². The van der Waals surface area contributed by atoms with Crippen LogP contribution in [0.1, 0.15) is 36.1 Å². The van der Waals surface area contributed by atoms with E-state index in [1.54, 1.807) is 31.2 Å². The Kier molecular flexibility index (Phi) is 6.19. The van der Waals surface area contributed by atoms with Crippen molar-refractivity contribution in [3.05, 3.63) is 45.8 Å². The molecule has 5 nitrogen and oxygen atoms in total. The Labute approximate surface area is 145 Å². The molecule has 0 aliphatic rings. The maximum absolute atomic E-state index is 12.4. The van der Waals surface area contributed by atoms with E-state index in [-0.39, 0.29) is 11.6 Å². The Morgan fingerprint density at radius 3 is 2.48 bits per heavy atom. The first-order valence-corrected chi connectivity index (χ1v) is 8.10. The first kappa shape index (κ1) is 17.5. The molecule has 7 heteroatoms. The predicted octanol–water partition coefficient (Wildman–Crippen LogP) is 4.56. The van der Waals surface area contributed by atoms with Crippen LogP contribution in [0.4, 0.5) is 11.5 Å². The van der Waals surface area contributed by atoms with Crippen LogP contribution < -0.4 is 10.6 Å². The Morgan fingerprint density at radius 2 is 1.83 bits per heavy atom. The minimum atomic E-state index is -0.340. The third-order valence-corrected chi connectivity index (χ3v) is 3.46. The van der Waals surface area contributed by atoms with E-state index in [0.717, 1.165) is 19.4 Å². The van der Waals surface area contributed by atoms with Crippen LogP contribution in [0.15, 0.2) is 24.3 Å². The van der Waals surface area contributed by atoms with Crippen LogP contribution in [0.25, 0.3) is 0 Å². The fourth-order valence-electron chi connectivity index (χ4n) is 1.99. The molecule has 0 unspecified atom stereocenters. The first-order valence-electron chi connectivity index (χ1n) is 7.35. The molecule has 0 saturated heterocycles. The molecule has 2 N–H and O–H groups in total. The summed E-state index contributed by atoms with van der Waals surface area (Å²) in [4.78, 5) is 20.8. The van der Waals surface area contributed by atoms with Gasteiger partial charge in [-0.2, -0.15) is 0 Å². The van der Waals surface area contributed by atoms with E-state index < -0.39 is 0 Å². The number of nitrogens with one attached hydrogen (secondary N) is 2. The molecule has 0 saturated carbocycles. The van der Waals surface area contributed by atoms with Crippen LogP contribution in [-0.4, -0.2) is 22.4 Å². The summed E-state index contributed by atoms with van der Waals surface area (Å²) in [6, 6.07) is 6.48. The summed E-state index contributed by atoms with van der Waals surface area (Å²) in [6.07, 6.45) is 2.12. The average molecular weight is 353 g/mol. The number of amides is 1. The van der Waals surface area contributed by atoms with Gasteiger partial charge in [0.2, 0.25) is 0 Å². The smallest absolute Gasteiger partial charge is 0.274 e. The quantitative estimate of drug-likeness (QED) is 0.748. The van der Waals surface area contributed by atoms with E-state index in [4.69, 9.17) is 23.2 Å². The van der Waals surface area contributed by atoms with Gasteiger partial charge < -0.3 is 10.6 Å². The molecule has 1 aromatic heterocycles. The number of halogens is 2. The molecule has 0 atom stereocenters. The highest BCUT2D eigenvalue weighted by Crippen LogP contribution is 2.23. The molecular weight excluding hydrogens is 335 g/mol. The highest BCUT2D eigenvalue weighted by molar-refractivity contribution is 6.35. The molecule has 1 heterocycles. The van der Waals surface area contributed by atoms with Crippen molar-refractivity contribution >= 4 is 40.6 Å². The molecule has 1 amide bonds.